The number of benzene rings is 1. The maximum Gasteiger partial charge on any atom is 0.408 e. The van der Waals surface area contributed by atoms with Crippen molar-refractivity contribution >= 4 is 17.9 Å². The number of nitrogens with zero attached hydrogens (tertiary/aromatic N) is 2. The quantitative estimate of drug-likeness (QED) is 0.689. The van der Waals surface area contributed by atoms with E-state index in [9.17, 15) is 19.5 Å². The maximum atomic E-state index is 13.5. The Morgan fingerprint density at radius 2 is 1.97 bits per heavy atom. The Kier molecular flexibility index (Phi) is 7.12. The van der Waals surface area contributed by atoms with Gasteiger partial charge in [0.2, 0.25) is 11.8 Å². The molecule has 7 nitrogen and oxygen atoms in total. The molecule has 3 atom stereocenters. The van der Waals surface area contributed by atoms with Crippen molar-refractivity contribution in [2.75, 3.05) is 6.54 Å². The van der Waals surface area contributed by atoms with Crippen molar-refractivity contribution in [3.05, 3.63) is 35.4 Å². The van der Waals surface area contributed by atoms with Gasteiger partial charge in [-0.25, -0.2) is 4.79 Å². The first-order chi connectivity index (χ1) is 15.1. The highest BCUT2D eigenvalue weighted by molar-refractivity contribution is 5.92. The molecule has 172 valence electrons. The lowest BCUT2D eigenvalue weighted by Crippen LogP contribution is -2.59. The summed E-state index contributed by atoms with van der Waals surface area (Å²) in [6.07, 6.45) is 8.35. The van der Waals surface area contributed by atoms with E-state index in [1.165, 1.54) is 10.5 Å². The van der Waals surface area contributed by atoms with Gasteiger partial charge >= 0.3 is 6.09 Å². The number of likely N-dealkylation sites (tertiary alicyclic amines) is 1. The number of rotatable bonds is 5. The van der Waals surface area contributed by atoms with E-state index in [1.807, 2.05) is 18.2 Å². The predicted octanol–water partition coefficient (Wildman–Crippen LogP) is 3.34. The number of terminal acetylenes is 1. The molecule has 0 bridgehead atoms. The number of fused-ring (bicyclic) bond motifs is 1. The van der Waals surface area contributed by atoms with Crippen LogP contribution in [0.3, 0.4) is 0 Å². The SMILES string of the molecule is C#CC[C@@H](C(=O)N1CCC[C@H]1C(=O)N[C@@H]1CCCc2ccccc21)N(C(=O)O)C(C)(C)C. The standard InChI is InChI=1S/C25H33N3O4/c1-5-10-21(28(24(31)32)25(2,3)4)23(30)27-16-9-15-20(27)22(29)26-19-14-8-12-17-11-6-7-13-18(17)19/h1,6-7,11,13,19-21H,8-10,12,14-16H2,2-4H3,(H,26,29)(H,31,32)/t19-,20+,21+/m1/s1. The van der Waals surface area contributed by atoms with Crippen molar-refractivity contribution in [1.82, 2.24) is 15.1 Å². The van der Waals surface area contributed by atoms with Gasteiger partial charge in [-0.15, -0.1) is 12.3 Å². The maximum absolute atomic E-state index is 13.5. The summed E-state index contributed by atoms with van der Waals surface area (Å²) in [6, 6.07) is 6.41. The van der Waals surface area contributed by atoms with Crippen molar-refractivity contribution in [3.63, 3.8) is 0 Å². The summed E-state index contributed by atoms with van der Waals surface area (Å²) in [5, 5.41) is 12.9. The van der Waals surface area contributed by atoms with E-state index in [4.69, 9.17) is 6.42 Å². The van der Waals surface area contributed by atoms with Crippen LogP contribution >= 0.6 is 0 Å². The van der Waals surface area contributed by atoms with Crippen molar-refractivity contribution in [1.29, 1.82) is 0 Å². The first kappa shape index (κ1) is 23.6. The van der Waals surface area contributed by atoms with Gasteiger partial charge in [0, 0.05) is 18.5 Å². The van der Waals surface area contributed by atoms with Crippen LogP contribution in [0.4, 0.5) is 4.79 Å². The molecule has 7 heteroatoms. The van der Waals surface area contributed by atoms with Gasteiger partial charge in [0.25, 0.3) is 0 Å². The van der Waals surface area contributed by atoms with E-state index in [-0.39, 0.29) is 18.4 Å². The molecule has 1 fully saturated rings. The monoisotopic (exact) mass is 439 g/mol. The zero-order chi connectivity index (χ0) is 23.5. The second-order valence-electron chi connectivity index (χ2n) is 9.59. The fourth-order valence-corrected chi connectivity index (χ4v) is 4.95. The van der Waals surface area contributed by atoms with Crippen LogP contribution in [-0.2, 0) is 16.0 Å². The second-order valence-corrected chi connectivity index (χ2v) is 9.59. The third-order valence-electron chi connectivity index (χ3n) is 6.36. The Balaban J connectivity index is 1.79. The van der Waals surface area contributed by atoms with Gasteiger partial charge in [-0.2, -0.15) is 0 Å². The summed E-state index contributed by atoms with van der Waals surface area (Å²) in [4.78, 5) is 41.3. The van der Waals surface area contributed by atoms with E-state index < -0.39 is 29.6 Å². The zero-order valence-corrected chi connectivity index (χ0v) is 19.1. The lowest BCUT2D eigenvalue weighted by molar-refractivity contribution is -0.143. The van der Waals surface area contributed by atoms with Gasteiger partial charge in [-0.1, -0.05) is 24.3 Å². The number of nitrogens with one attached hydrogen (secondary N) is 1. The molecule has 2 N–H and O–H groups in total. The van der Waals surface area contributed by atoms with Crippen LogP contribution in [0, 0.1) is 12.3 Å². The third-order valence-corrected chi connectivity index (χ3v) is 6.36. The Morgan fingerprint density at radius 3 is 2.62 bits per heavy atom. The van der Waals surface area contributed by atoms with E-state index in [0.29, 0.717) is 19.4 Å². The Bertz CT molecular complexity index is 914. The van der Waals surface area contributed by atoms with E-state index >= 15 is 0 Å². The van der Waals surface area contributed by atoms with E-state index in [0.717, 1.165) is 29.7 Å². The fraction of sp³-hybridized carbons (Fsp3) is 0.560. The summed E-state index contributed by atoms with van der Waals surface area (Å²) in [5.74, 6) is 1.86. The van der Waals surface area contributed by atoms with Crippen LogP contribution in [0.1, 0.15) is 70.0 Å². The van der Waals surface area contributed by atoms with Crippen LogP contribution in [0.2, 0.25) is 0 Å². The summed E-state index contributed by atoms with van der Waals surface area (Å²) in [6.45, 7) is 5.60. The minimum absolute atomic E-state index is 0.0384. The van der Waals surface area contributed by atoms with Crippen LogP contribution < -0.4 is 5.32 Å². The Morgan fingerprint density at radius 1 is 1.25 bits per heavy atom. The van der Waals surface area contributed by atoms with Crippen molar-refractivity contribution in [2.24, 2.45) is 0 Å². The predicted molar refractivity (Wildman–Crippen MR) is 122 cm³/mol. The average Bonchev–Trinajstić information content (AvgIpc) is 3.22. The molecule has 1 aliphatic heterocycles. The summed E-state index contributed by atoms with van der Waals surface area (Å²) in [7, 11) is 0. The highest BCUT2D eigenvalue weighted by Crippen LogP contribution is 2.31. The minimum Gasteiger partial charge on any atom is -0.465 e. The largest absolute Gasteiger partial charge is 0.465 e. The molecule has 0 spiro atoms. The average molecular weight is 440 g/mol. The molecule has 0 unspecified atom stereocenters. The number of carbonyl (C=O) groups excluding carboxylic acids is 2. The number of aryl methyl sites for hydroxylation is 1. The molecule has 0 radical (unpaired) electrons. The van der Waals surface area contributed by atoms with Gasteiger partial charge in [0.15, 0.2) is 0 Å². The Hall–Kier alpha value is -3.01. The minimum atomic E-state index is -1.20. The molecule has 32 heavy (non-hydrogen) atoms. The highest BCUT2D eigenvalue weighted by Gasteiger charge is 2.43. The van der Waals surface area contributed by atoms with Gasteiger partial charge < -0.3 is 15.3 Å². The molecule has 1 aromatic rings. The number of carbonyl (C=O) groups is 3. The molecule has 1 saturated heterocycles. The lowest BCUT2D eigenvalue weighted by Gasteiger charge is -2.40. The third kappa shape index (κ3) is 4.90. The number of carboxylic acid groups (broad SMARTS) is 1. The zero-order valence-electron chi connectivity index (χ0n) is 19.1. The number of hydrogen-bond acceptors (Lipinski definition) is 3. The van der Waals surface area contributed by atoms with Crippen molar-refractivity contribution in [3.8, 4) is 12.3 Å². The molecule has 1 aromatic carbocycles. The summed E-state index contributed by atoms with van der Waals surface area (Å²) < 4.78 is 0. The number of amides is 3. The van der Waals surface area contributed by atoms with Gasteiger partial charge in [0.1, 0.15) is 12.1 Å². The molecule has 0 saturated carbocycles. The fourth-order valence-electron chi connectivity index (χ4n) is 4.95. The first-order valence-corrected chi connectivity index (χ1v) is 11.3. The van der Waals surface area contributed by atoms with Crippen molar-refractivity contribution in [2.45, 2.75) is 83.0 Å². The highest BCUT2D eigenvalue weighted by atomic mass is 16.4. The van der Waals surface area contributed by atoms with Crippen LogP contribution in [-0.4, -0.2) is 57.0 Å². The molecular weight excluding hydrogens is 406 g/mol. The van der Waals surface area contributed by atoms with E-state index in [2.05, 4.69) is 17.3 Å². The van der Waals surface area contributed by atoms with Gasteiger partial charge in [0.05, 0.1) is 6.04 Å². The molecule has 3 amide bonds. The van der Waals surface area contributed by atoms with Crippen molar-refractivity contribution < 1.29 is 19.5 Å². The summed E-state index contributed by atoms with van der Waals surface area (Å²) in [5.41, 5.74) is 1.57. The van der Waals surface area contributed by atoms with Gasteiger partial charge in [-0.3, -0.25) is 14.5 Å². The summed E-state index contributed by atoms with van der Waals surface area (Å²) >= 11 is 0. The molecule has 1 heterocycles. The van der Waals surface area contributed by atoms with Crippen LogP contribution in [0.15, 0.2) is 24.3 Å². The topological polar surface area (TPSA) is 90.0 Å². The van der Waals surface area contributed by atoms with Crippen LogP contribution in [0.25, 0.3) is 0 Å². The molecule has 1 aliphatic carbocycles. The van der Waals surface area contributed by atoms with Crippen LogP contribution in [0.5, 0.6) is 0 Å². The number of hydrogen-bond donors (Lipinski definition) is 2. The second kappa shape index (κ2) is 9.64. The van der Waals surface area contributed by atoms with E-state index in [1.54, 1.807) is 20.8 Å². The lowest BCUT2D eigenvalue weighted by atomic mass is 9.87. The smallest absolute Gasteiger partial charge is 0.408 e. The molecule has 3 rings (SSSR count). The first-order valence-electron chi connectivity index (χ1n) is 11.3. The van der Waals surface area contributed by atoms with Gasteiger partial charge in [-0.05, 0) is 64.0 Å². The molecular formula is C25H33N3O4. The normalized spacial score (nSPS) is 21.2. The molecule has 0 aromatic heterocycles. The Labute approximate surface area is 190 Å². The molecule has 2 aliphatic rings.